The van der Waals surface area contributed by atoms with Crippen LogP contribution in [0.15, 0.2) is 0 Å². The predicted octanol–water partition coefficient (Wildman–Crippen LogP) is 0.845. The maximum Gasteiger partial charge on any atom is 0.245 e. The molecule has 2 aliphatic heterocycles. The largest absolute Gasteiger partial charge is 0.341 e. The van der Waals surface area contributed by atoms with Gasteiger partial charge in [0, 0.05) is 26.1 Å². The summed E-state index contributed by atoms with van der Waals surface area (Å²) < 4.78 is 0. The Morgan fingerprint density at radius 1 is 1.35 bits per heavy atom. The van der Waals surface area contributed by atoms with Crippen LogP contribution in [0.1, 0.15) is 39.0 Å². The Balaban J connectivity index is 1.91. The highest BCUT2D eigenvalue weighted by Crippen LogP contribution is 2.21. The van der Waals surface area contributed by atoms with Crippen LogP contribution >= 0.6 is 0 Å². The average molecular weight is 281 g/mol. The van der Waals surface area contributed by atoms with Gasteiger partial charge in [-0.3, -0.25) is 9.59 Å². The summed E-state index contributed by atoms with van der Waals surface area (Å²) in [5.41, 5.74) is 0. The van der Waals surface area contributed by atoms with Crippen LogP contribution in [-0.4, -0.2) is 60.9 Å². The molecule has 2 fully saturated rings. The van der Waals surface area contributed by atoms with Crippen molar-refractivity contribution < 1.29 is 9.59 Å². The van der Waals surface area contributed by atoms with Gasteiger partial charge in [0.25, 0.3) is 0 Å². The molecule has 5 nitrogen and oxygen atoms in total. The Labute approximate surface area is 121 Å². The van der Waals surface area contributed by atoms with Crippen molar-refractivity contribution in [3.8, 4) is 0 Å². The van der Waals surface area contributed by atoms with Gasteiger partial charge in [-0.25, -0.2) is 0 Å². The van der Waals surface area contributed by atoms with Crippen LogP contribution in [0.4, 0.5) is 0 Å². The number of hydrogen-bond donors (Lipinski definition) is 1. The summed E-state index contributed by atoms with van der Waals surface area (Å²) in [6.07, 6.45) is 4.36. The fraction of sp³-hybridized carbons (Fsp3) is 0.867. The Morgan fingerprint density at radius 2 is 2.05 bits per heavy atom. The van der Waals surface area contributed by atoms with E-state index in [0.717, 1.165) is 51.9 Å². The smallest absolute Gasteiger partial charge is 0.245 e. The fourth-order valence-electron chi connectivity index (χ4n) is 3.38. The zero-order chi connectivity index (χ0) is 14.5. The molecule has 1 unspecified atom stereocenters. The number of hydrogen-bond acceptors (Lipinski definition) is 3. The Bertz CT molecular complexity index is 351. The van der Waals surface area contributed by atoms with Crippen molar-refractivity contribution in [2.45, 2.75) is 45.1 Å². The zero-order valence-corrected chi connectivity index (χ0v) is 12.7. The molecule has 2 aliphatic rings. The summed E-state index contributed by atoms with van der Waals surface area (Å²) in [7, 11) is 1.98. The normalized spacial score (nSPS) is 22.4. The Hall–Kier alpha value is -1.10. The van der Waals surface area contributed by atoms with Crippen LogP contribution in [0, 0.1) is 5.92 Å². The van der Waals surface area contributed by atoms with Crippen LogP contribution in [-0.2, 0) is 9.59 Å². The maximum absolute atomic E-state index is 12.6. The average Bonchev–Trinajstić information content (AvgIpc) is 2.87. The molecule has 1 atom stereocenters. The first kappa shape index (κ1) is 15.3. The molecular formula is C15H27N3O2. The number of likely N-dealkylation sites (tertiary alicyclic amines) is 2. The van der Waals surface area contributed by atoms with E-state index >= 15 is 0 Å². The van der Waals surface area contributed by atoms with Crippen molar-refractivity contribution >= 4 is 11.8 Å². The van der Waals surface area contributed by atoms with E-state index in [1.165, 1.54) is 0 Å². The summed E-state index contributed by atoms with van der Waals surface area (Å²) in [6, 6.07) is -0.231. The topological polar surface area (TPSA) is 52.7 Å². The lowest BCUT2D eigenvalue weighted by atomic mass is 9.96. The lowest BCUT2D eigenvalue weighted by molar-refractivity contribution is -0.144. The molecule has 5 heteroatoms. The minimum Gasteiger partial charge on any atom is -0.341 e. The highest BCUT2D eigenvalue weighted by molar-refractivity contribution is 5.88. The summed E-state index contributed by atoms with van der Waals surface area (Å²) in [6.45, 7) is 5.46. The van der Waals surface area contributed by atoms with Gasteiger partial charge in [0.05, 0.1) is 0 Å². The van der Waals surface area contributed by atoms with E-state index in [0.29, 0.717) is 12.3 Å². The van der Waals surface area contributed by atoms with Crippen molar-refractivity contribution in [2.75, 3.05) is 33.2 Å². The first-order valence-corrected chi connectivity index (χ1v) is 7.90. The second-order valence-corrected chi connectivity index (χ2v) is 5.94. The molecule has 2 saturated heterocycles. The molecule has 0 aromatic heterocycles. The highest BCUT2D eigenvalue weighted by Gasteiger charge is 2.35. The van der Waals surface area contributed by atoms with Gasteiger partial charge < -0.3 is 15.1 Å². The minimum atomic E-state index is -0.231. The lowest BCUT2D eigenvalue weighted by Gasteiger charge is -2.36. The van der Waals surface area contributed by atoms with Gasteiger partial charge in [-0.2, -0.15) is 0 Å². The second kappa shape index (κ2) is 7.07. The number of carbonyl (C=O) groups excluding carboxylic acids is 2. The monoisotopic (exact) mass is 281 g/mol. The molecule has 0 aromatic carbocycles. The fourth-order valence-corrected chi connectivity index (χ4v) is 3.38. The van der Waals surface area contributed by atoms with Crippen LogP contribution < -0.4 is 5.32 Å². The number of nitrogens with one attached hydrogen (secondary N) is 1. The molecule has 114 valence electrons. The summed E-state index contributed by atoms with van der Waals surface area (Å²) >= 11 is 0. The number of rotatable bonds is 5. The predicted molar refractivity (Wildman–Crippen MR) is 78.3 cm³/mol. The summed E-state index contributed by atoms with van der Waals surface area (Å²) in [4.78, 5) is 28.2. The first-order valence-electron chi connectivity index (χ1n) is 7.90. The first-order chi connectivity index (χ1) is 9.67. The molecule has 2 amide bonds. The van der Waals surface area contributed by atoms with Gasteiger partial charge >= 0.3 is 0 Å². The van der Waals surface area contributed by atoms with Gasteiger partial charge in [-0.15, -0.1) is 0 Å². The molecular weight excluding hydrogens is 254 g/mol. The quantitative estimate of drug-likeness (QED) is 0.812. The van der Waals surface area contributed by atoms with E-state index in [2.05, 4.69) is 5.32 Å². The second-order valence-electron chi connectivity index (χ2n) is 5.94. The van der Waals surface area contributed by atoms with Gasteiger partial charge in [-0.1, -0.05) is 6.92 Å². The van der Waals surface area contributed by atoms with Crippen molar-refractivity contribution in [1.82, 2.24) is 15.1 Å². The van der Waals surface area contributed by atoms with E-state index in [4.69, 9.17) is 0 Å². The van der Waals surface area contributed by atoms with Crippen LogP contribution in [0.25, 0.3) is 0 Å². The minimum absolute atomic E-state index is 0.148. The molecule has 0 bridgehead atoms. The maximum atomic E-state index is 12.6. The lowest BCUT2D eigenvalue weighted by Crippen LogP contribution is -2.51. The van der Waals surface area contributed by atoms with Crippen molar-refractivity contribution in [1.29, 1.82) is 0 Å². The standard InChI is InChI=1S/C15H27N3O2/c1-3-13(18-8-4-5-14(18)19)15(20)17-9-6-12(7-10-17)11-16-2/h12-13,16H,3-11H2,1-2H3. The zero-order valence-electron chi connectivity index (χ0n) is 12.7. The Kier molecular flexibility index (Phi) is 5.40. The number of amides is 2. The van der Waals surface area contributed by atoms with Crippen molar-refractivity contribution in [3.63, 3.8) is 0 Å². The van der Waals surface area contributed by atoms with E-state index in [1.807, 2.05) is 18.9 Å². The summed E-state index contributed by atoms with van der Waals surface area (Å²) in [5, 5.41) is 3.21. The molecule has 0 aromatic rings. The van der Waals surface area contributed by atoms with E-state index in [-0.39, 0.29) is 17.9 Å². The van der Waals surface area contributed by atoms with Gasteiger partial charge in [-0.05, 0) is 45.2 Å². The molecule has 2 rings (SSSR count). The number of carbonyl (C=O) groups is 2. The third-order valence-corrected chi connectivity index (χ3v) is 4.58. The molecule has 0 aliphatic carbocycles. The van der Waals surface area contributed by atoms with Crippen molar-refractivity contribution in [2.24, 2.45) is 5.92 Å². The van der Waals surface area contributed by atoms with Gasteiger partial charge in [0.1, 0.15) is 6.04 Å². The molecule has 20 heavy (non-hydrogen) atoms. The van der Waals surface area contributed by atoms with E-state index in [1.54, 1.807) is 4.90 Å². The highest BCUT2D eigenvalue weighted by atomic mass is 16.2. The van der Waals surface area contributed by atoms with E-state index < -0.39 is 0 Å². The third kappa shape index (κ3) is 3.32. The molecule has 0 saturated carbocycles. The van der Waals surface area contributed by atoms with Gasteiger partial charge in [0.15, 0.2) is 0 Å². The molecule has 0 spiro atoms. The molecule has 0 radical (unpaired) electrons. The SMILES string of the molecule is CCC(C(=O)N1CCC(CNC)CC1)N1CCCC1=O. The number of nitrogens with zero attached hydrogens (tertiary/aromatic N) is 2. The Morgan fingerprint density at radius 3 is 2.55 bits per heavy atom. The number of piperidine rings is 1. The van der Waals surface area contributed by atoms with Crippen molar-refractivity contribution in [3.05, 3.63) is 0 Å². The van der Waals surface area contributed by atoms with Crippen LogP contribution in [0.3, 0.4) is 0 Å². The summed E-state index contributed by atoms with van der Waals surface area (Å²) in [5.74, 6) is 0.985. The van der Waals surface area contributed by atoms with Crippen LogP contribution in [0.2, 0.25) is 0 Å². The molecule has 2 heterocycles. The molecule has 1 N–H and O–H groups in total. The van der Waals surface area contributed by atoms with E-state index in [9.17, 15) is 9.59 Å². The van der Waals surface area contributed by atoms with Gasteiger partial charge in [0.2, 0.25) is 11.8 Å². The third-order valence-electron chi connectivity index (χ3n) is 4.58. The van der Waals surface area contributed by atoms with Crippen LogP contribution in [0.5, 0.6) is 0 Å².